The number of carbonyl (C=O) groups is 2. The van der Waals surface area contributed by atoms with E-state index in [1.807, 2.05) is 67.3 Å². The summed E-state index contributed by atoms with van der Waals surface area (Å²) in [7, 11) is 6.10. The highest BCUT2D eigenvalue weighted by molar-refractivity contribution is 6.03. The molecule has 3 heterocycles. The second-order valence-electron chi connectivity index (χ2n) is 10.2. The molecule has 0 fully saturated rings. The summed E-state index contributed by atoms with van der Waals surface area (Å²) < 4.78 is 43.0. The molecule has 0 spiro atoms. The van der Waals surface area contributed by atoms with Crippen LogP contribution in [0, 0.1) is 5.95 Å². The van der Waals surface area contributed by atoms with Gasteiger partial charge in [0.05, 0.1) is 50.5 Å². The second-order valence-corrected chi connectivity index (χ2v) is 10.2. The molecule has 0 radical (unpaired) electrons. The average Bonchev–Trinajstić information content (AvgIpc) is 3.50. The zero-order valence-electron chi connectivity index (χ0n) is 25.9. The molecule has 0 aliphatic carbocycles. The van der Waals surface area contributed by atoms with Crippen LogP contribution in [-0.2, 0) is 14.2 Å². The third kappa shape index (κ3) is 7.41. The monoisotopic (exact) mass is 628 g/mol. The molecule has 12 heteroatoms. The number of hydrogen-bond acceptors (Lipinski definition) is 10. The van der Waals surface area contributed by atoms with Gasteiger partial charge in [0.15, 0.2) is 0 Å². The van der Waals surface area contributed by atoms with Gasteiger partial charge in [-0.1, -0.05) is 24.3 Å². The number of nitrogens with zero attached hydrogens (tertiary/aromatic N) is 4. The van der Waals surface area contributed by atoms with Crippen LogP contribution < -0.4 is 14.4 Å². The maximum absolute atomic E-state index is 14.6. The molecule has 11 nitrogen and oxygen atoms in total. The fourth-order valence-corrected chi connectivity index (χ4v) is 4.62. The molecular formula is C34H33FN4O7. The SMILES string of the molecule is COC(=O)c1ccc(OCCOCCOc2ccc3nc(-c4ccc(-c5ccc(N(C)C)nc5F)cc4)cn3c2)cc1C(=O)OC. The molecule has 0 unspecified atom stereocenters. The first-order chi connectivity index (χ1) is 22.3. The number of imidazole rings is 1. The number of methoxy groups -OCH3 is 2. The molecule has 0 aliphatic heterocycles. The van der Waals surface area contributed by atoms with Crippen molar-refractivity contribution in [2.45, 2.75) is 0 Å². The van der Waals surface area contributed by atoms with Crippen molar-refractivity contribution in [3.63, 3.8) is 0 Å². The normalized spacial score (nSPS) is 10.9. The maximum Gasteiger partial charge on any atom is 0.338 e. The summed E-state index contributed by atoms with van der Waals surface area (Å²) in [4.78, 5) is 34.5. The van der Waals surface area contributed by atoms with E-state index < -0.39 is 17.9 Å². The molecule has 5 aromatic rings. The number of aromatic nitrogens is 3. The summed E-state index contributed by atoms with van der Waals surface area (Å²) in [6.07, 6.45) is 3.75. The summed E-state index contributed by atoms with van der Waals surface area (Å²) in [6.45, 7) is 1.14. The van der Waals surface area contributed by atoms with Gasteiger partial charge in [0.1, 0.15) is 36.2 Å². The number of rotatable bonds is 13. The van der Waals surface area contributed by atoms with Crippen molar-refractivity contribution in [1.29, 1.82) is 0 Å². The third-order valence-corrected chi connectivity index (χ3v) is 7.00. The zero-order chi connectivity index (χ0) is 32.6. The van der Waals surface area contributed by atoms with Crippen molar-refractivity contribution in [2.75, 3.05) is 59.6 Å². The summed E-state index contributed by atoms with van der Waals surface area (Å²) >= 11 is 0. The van der Waals surface area contributed by atoms with Crippen LogP contribution in [0.5, 0.6) is 11.5 Å². The zero-order valence-corrected chi connectivity index (χ0v) is 25.9. The lowest BCUT2D eigenvalue weighted by Gasteiger charge is -2.12. The van der Waals surface area contributed by atoms with E-state index in [-0.39, 0.29) is 24.3 Å². The van der Waals surface area contributed by atoms with Crippen molar-refractivity contribution < 1.29 is 37.7 Å². The van der Waals surface area contributed by atoms with Crippen LogP contribution in [0.25, 0.3) is 28.0 Å². The van der Waals surface area contributed by atoms with E-state index in [1.54, 1.807) is 23.1 Å². The number of halogens is 1. The van der Waals surface area contributed by atoms with Crippen molar-refractivity contribution in [3.8, 4) is 33.9 Å². The molecular weight excluding hydrogens is 595 g/mol. The highest BCUT2D eigenvalue weighted by atomic mass is 19.1. The van der Waals surface area contributed by atoms with E-state index in [9.17, 15) is 14.0 Å². The van der Waals surface area contributed by atoms with Crippen LogP contribution in [0.1, 0.15) is 20.7 Å². The number of fused-ring (bicyclic) bond motifs is 1. The van der Waals surface area contributed by atoms with Gasteiger partial charge in [0.2, 0.25) is 5.95 Å². The lowest BCUT2D eigenvalue weighted by Crippen LogP contribution is -2.14. The largest absolute Gasteiger partial charge is 0.491 e. The Morgan fingerprint density at radius 1 is 0.739 bits per heavy atom. The molecule has 46 heavy (non-hydrogen) atoms. The Bertz CT molecular complexity index is 1840. The first-order valence-electron chi connectivity index (χ1n) is 14.3. The number of carbonyl (C=O) groups excluding carboxylic acids is 2. The van der Waals surface area contributed by atoms with Gasteiger partial charge in [0, 0.05) is 31.4 Å². The molecule has 5 rings (SSSR count). The van der Waals surface area contributed by atoms with Gasteiger partial charge in [-0.15, -0.1) is 0 Å². The predicted octanol–water partition coefficient (Wildman–Crippen LogP) is 5.32. The Kier molecular flexibility index (Phi) is 10.1. The Morgan fingerprint density at radius 2 is 1.39 bits per heavy atom. The number of anilines is 1. The van der Waals surface area contributed by atoms with Crippen molar-refractivity contribution >= 4 is 23.4 Å². The highest BCUT2D eigenvalue weighted by Gasteiger charge is 2.19. The molecule has 3 aromatic heterocycles. The summed E-state index contributed by atoms with van der Waals surface area (Å²) in [5.41, 5.74) is 3.73. The number of ether oxygens (including phenoxy) is 5. The third-order valence-electron chi connectivity index (χ3n) is 7.00. The van der Waals surface area contributed by atoms with Gasteiger partial charge in [-0.3, -0.25) is 0 Å². The first-order valence-corrected chi connectivity index (χ1v) is 14.3. The summed E-state index contributed by atoms with van der Waals surface area (Å²) in [5, 5.41) is 0. The van der Waals surface area contributed by atoms with E-state index >= 15 is 0 Å². The lowest BCUT2D eigenvalue weighted by atomic mass is 10.0. The molecule has 0 aliphatic rings. The second kappa shape index (κ2) is 14.5. The van der Waals surface area contributed by atoms with E-state index in [0.717, 1.165) is 22.5 Å². The summed E-state index contributed by atoms with van der Waals surface area (Å²) in [5.74, 6) is -0.236. The molecule has 238 valence electrons. The Hall–Kier alpha value is -5.49. The maximum atomic E-state index is 14.6. The topological polar surface area (TPSA) is 114 Å². The van der Waals surface area contributed by atoms with E-state index in [4.69, 9.17) is 28.7 Å². The van der Waals surface area contributed by atoms with Gasteiger partial charge < -0.3 is 33.0 Å². The van der Waals surface area contributed by atoms with Gasteiger partial charge in [-0.2, -0.15) is 4.39 Å². The van der Waals surface area contributed by atoms with Crippen LogP contribution >= 0.6 is 0 Å². The standard InChI is InChI=1S/C34H33FN4O7/c1-38(2)30-14-12-26(32(35)37-30)22-5-7-23(8-6-22)29-21-39-20-25(10-13-31(39)36-29)46-18-16-44-15-17-45-24-9-11-27(33(40)42-3)28(19-24)34(41)43-4/h5-14,19-21H,15-18H2,1-4H3. The molecule has 0 N–H and O–H groups in total. The lowest BCUT2D eigenvalue weighted by molar-refractivity contribution is 0.0554. The predicted molar refractivity (Wildman–Crippen MR) is 169 cm³/mol. The van der Waals surface area contributed by atoms with E-state index in [1.165, 1.54) is 26.4 Å². The van der Waals surface area contributed by atoms with Crippen LogP contribution in [0.2, 0.25) is 0 Å². The number of pyridine rings is 2. The van der Waals surface area contributed by atoms with Crippen molar-refractivity contribution in [2.24, 2.45) is 0 Å². The van der Waals surface area contributed by atoms with E-state index in [0.29, 0.717) is 36.1 Å². The molecule has 0 atom stereocenters. The van der Waals surface area contributed by atoms with Gasteiger partial charge in [-0.05, 0) is 48.0 Å². The molecule has 2 aromatic carbocycles. The summed E-state index contributed by atoms with van der Waals surface area (Å²) in [6, 6.07) is 19.2. The minimum absolute atomic E-state index is 0.0532. The van der Waals surface area contributed by atoms with Crippen LogP contribution in [0.4, 0.5) is 10.2 Å². The highest BCUT2D eigenvalue weighted by Crippen LogP contribution is 2.28. The van der Waals surface area contributed by atoms with Crippen LogP contribution in [0.15, 0.2) is 79.1 Å². The van der Waals surface area contributed by atoms with E-state index in [2.05, 4.69) is 4.98 Å². The Morgan fingerprint density at radius 3 is 2.07 bits per heavy atom. The van der Waals surface area contributed by atoms with Crippen molar-refractivity contribution in [3.05, 3.63) is 96.2 Å². The minimum Gasteiger partial charge on any atom is -0.491 e. The number of benzene rings is 2. The fourth-order valence-electron chi connectivity index (χ4n) is 4.62. The van der Waals surface area contributed by atoms with Gasteiger partial charge >= 0.3 is 11.9 Å². The van der Waals surface area contributed by atoms with Crippen molar-refractivity contribution in [1.82, 2.24) is 14.4 Å². The molecule has 0 bridgehead atoms. The quantitative estimate of drug-likeness (QED) is 0.0965. The van der Waals surface area contributed by atoms with Gasteiger partial charge in [-0.25, -0.2) is 19.6 Å². The Labute approximate surface area is 265 Å². The first kappa shape index (κ1) is 31.9. The smallest absolute Gasteiger partial charge is 0.338 e. The van der Waals surface area contributed by atoms with Crippen LogP contribution in [0.3, 0.4) is 0 Å². The number of hydrogen-bond donors (Lipinski definition) is 0. The number of esters is 2. The Balaban J connectivity index is 1.10. The van der Waals surface area contributed by atoms with Gasteiger partial charge in [0.25, 0.3) is 0 Å². The molecule has 0 saturated heterocycles. The molecule has 0 saturated carbocycles. The fraction of sp³-hybridized carbons (Fsp3) is 0.235. The average molecular weight is 629 g/mol. The van der Waals surface area contributed by atoms with Crippen LogP contribution in [-0.4, -0.2) is 81.0 Å². The minimum atomic E-state index is -0.670. The molecule has 0 amide bonds.